The fourth-order valence-corrected chi connectivity index (χ4v) is 3.75. The second-order valence-electron chi connectivity index (χ2n) is 7.09. The lowest BCUT2D eigenvalue weighted by atomic mass is 9.77. The van der Waals surface area contributed by atoms with Crippen LogP contribution in [0.2, 0.25) is 0 Å². The summed E-state index contributed by atoms with van der Waals surface area (Å²) in [5, 5.41) is 7.67. The highest BCUT2D eigenvalue weighted by Crippen LogP contribution is 2.38. The molecule has 20 heavy (non-hydrogen) atoms. The fraction of sp³-hybridized carbons (Fsp3) is 0.875. The molecule has 0 aromatic carbocycles. The Kier molecular flexibility index (Phi) is 4.11. The van der Waals surface area contributed by atoms with Gasteiger partial charge in [-0.2, -0.15) is 4.98 Å². The molecule has 1 saturated heterocycles. The maximum absolute atomic E-state index is 5.55. The van der Waals surface area contributed by atoms with Crippen molar-refractivity contribution in [1.82, 2.24) is 15.5 Å². The standard InChI is InChI=1S/C16H27N3O/c1-10(2)12-4-6-13(7-5-12)15-18-16(20-19-15)14-9-17-8-11(14)3/h10-14,17H,4-9H2,1-3H3/t11-,12?,13?,14-/m1/s1. The minimum absolute atomic E-state index is 0.406. The average molecular weight is 277 g/mol. The van der Waals surface area contributed by atoms with E-state index in [1.807, 2.05) is 0 Å². The molecular weight excluding hydrogens is 250 g/mol. The van der Waals surface area contributed by atoms with Gasteiger partial charge in [-0.3, -0.25) is 0 Å². The molecule has 2 heterocycles. The Bertz CT molecular complexity index is 435. The predicted octanol–water partition coefficient (Wildman–Crippen LogP) is 3.32. The zero-order valence-corrected chi connectivity index (χ0v) is 12.9. The smallest absolute Gasteiger partial charge is 0.231 e. The van der Waals surface area contributed by atoms with Crippen molar-refractivity contribution in [2.75, 3.05) is 13.1 Å². The normalized spacial score (nSPS) is 34.8. The lowest BCUT2D eigenvalue weighted by molar-refractivity contribution is 0.251. The summed E-state index contributed by atoms with van der Waals surface area (Å²) >= 11 is 0. The Balaban J connectivity index is 1.63. The SMILES string of the molecule is CC(C)C1CCC(c2noc([C@@H]3CNC[C@H]3C)n2)CC1. The molecule has 0 bridgehead atoms. The second kappa shape index (κ2) is 5.84. The van der Waals surface area contributed by atoms with Gasteiger partial charge in [0.05, 0.1) is 5.92 Å². The van der Waals surface area contributed by atoms with Gasteiger partial charge in [0.2, 0.25) is 5.89 Å². The quantitative estimate of drug-likeness (QED) is 0.920. The van der Waals surface area contributed by atoms with Crippen LogP contribution in [0.1, 0.15) is 70.0 Å². The van der Waals surface area contributed by atoms with Gasteiger partial charge in [0, 0.05) is 12.5 Å². The summed E-state index contributed by atoms with van der Waals surface area (Å²) in [6.07, 6.45) is 5.07. The molecule has 2 aliphatic rings. The van der Waals surface area contributed by atoms with Crippen molar-refractivity contribution in [3.05, 3.63) is 11.7 Å². The Morgan fingerprint density at radius 3 is 2.50 bits per heavy atom. The molecule has 0 unspecified atom stereocenters. The summed E-state index contributed by atoms with van der Waals surface area (Å²) in [5.41, 5.74) is 0. The van der Waals surface area contributed by atoms with Crippen LogP contribution in [0.5, 0.6) is 0 Å². The van der Waals surface area contributed by atoms with Gasteiger partial charge in [0.25, 0.3) is 0 Å². The largest absolute Gasteiger partial charge is 0.339 e. The predicted molar refractivity (Wildman–Crippen MR) is 78.6 cm³/mol. The van der Waals surface area contributed by atoms with Gasteiger partial charge in [0.1, 0.15) is 0 Å². The summed E-state index contributed by atoms with van der Waals surface area (Å²) in [6.45, 7) is 8.96. The fourth-order valence-electron chi connectivity index (χ4n) is 3.75. The van der Waals surface area contributed by atoms with Gasteiger partial charge in [-0.15, -0.1) is 0 Å². The highest BCUT2D eigenvalue weighted by molar-refractivity contribution is 5.04. The van der Waals surface area contributed by atoms with Gasteiger partial charge >= 0.3 is 0 Å². The molecule has 0 spiro atoms. The van der Waals surface area contributed by atoms with E-state index in [0.717, 1.165) is 36.6 Å². The van der Waals surface area contributed by atoms with Gasteiger partial charge in [-0.25, -0.2) is 0 Å². The van der Waals surface area contributed by atoms with Crippen LogP contribution in [0.25, 0.3) is 0 Å². The third kappa shape index (κ3) is 2.76. The maximum Gasteiger partial charge on any atom is 0.231 e. The molecule has 0 amide bonds. The van der Waals surface area contributed by atoms with E-state index in [2.05, 4.69) is 31.2 Å². The minimum Gasteiger partial charge on any atom is -0.339 e. The van der Waals surface area contributed by atoms with Gasteiger partial charge < -0.3 is 9.84 Å². The molecule has 4 nitrogen and oxygen atoms in total. The van der Waals surface area contributed by atoms with E-state index >= 15 is 0 Å². The van der Waals surface area contributed by atoms with E-state index in [-0.39, 0.29) is 0 Å². The first-order valence-electron chi connectivity index (χ1n) is 8.19. The number of hydrogen-bond acceptors (Lipinski definition) is 4. The van der Waals surface area contributed by atoms with Crippen molar-refractivity contribution >= 4 is 0 Å². The third-order valence-electron chi connectivity index (χ3n) is 5.37. The van der Waals surface area contributed by atoms with Crippen LogP contribution < -0.4 is 5.32 Å². The molecule has 1 N–H and O–H groups in total. The minimum atomic E-state index is 0.406. The molecule has 2 atom stereocenters. The molecule has 1 aliphatic heterocycles. The average Bonchev–Trinajstić information content (AvgIpc) is 3.07. The second-order valence-corrected chi connectivity index (χ2v) is 7.09. The van der Waals surface area contributed by atoms with Crippen molar-refractivity contribution in [1.29, 1.82) is 0 Å². The van der Waals surface area contributed by atoms with E-state index in [0.29, 0.717) is 17.8 Å². The molecule has 0 radical (unpaired) electrons. The van der Waals surface area contributed by atoms with Gasteiger partial charge in [0.15, 0.2) is 5.82 Å². The monoisotopic (exact) mass is 277 g/mol. The van der Waals surface area contributed by atoms with Crippen molar-refractivity contribution in [2.45, 2.75) is 58.3 Å². The summed E-state index contributed by atoms with van der Waals surface area (Å²) in [4.78, 5) is 4.72. The van der Waals surface area contributed by atoms with E-state index in [1.165, 1.54) is 25.7 Å². The van der Waals surface area contributed by atoms with Crippen LogP contribution in [0.3, 0.4) is 0 Å². The van der Waals surface area contributed by atoms with Crippen molar-refractivity contribution in [2.24, 2.45) is 17.8 Å². The summed E-state index contributed by atoms with van der Waals surface area (Å²) in [7, 11) is 0. The molecule has 4 heteroatoms. The van der Waals surface area contributed by atoms with E-state index < -0.39 is 0 Å². The Labute approximate surface area is 121 Å². The van der Waals surface area contributed by atoms with Crippen molar-refractivity contribution < 1.29 is 4.52 Å². The van der Waals surface area contributed by atoms with Gasteiger partial charge in [-0.1, -0.05) is 25.9 Å². The summed E-state index contributed by atoms with van der Waals surface area (Å²) < 4.78 is 5.55. The van der Waals surface area contributed by atoms with E-state index in [4.69, 9.17) is 9.51 Å². The molecule has 112 valence electrons. The first-order chi connectivity index (χ1) is 9.65. The number of nitrogens with zero attached hydrogens (tertiary/aromatic N) is 2. The molecule has 1 aromatic heterocycles. The molecule has 2 fully saturated rings. The molecule has 1 aromatic rings. The first-order valence-corrected chi connectivity index (χ1v) is 8.19. The molecule has 1 aliphatic carbocycles. The highest BCUT2D eigenvalue weighted by Gasteiger charge is 2.32. The van der Waals surface area contributed by atoms with Crippen LogP contribution in [0.15, 0.2) is 4.52 Å². The number of aromatic nitrogens is 2. The molecular formula is C16H27N3O. The lowest BCUT2D eigenvalue weighted by Gasteiger charge is -2.29. The first kappa shape index (κ1) is 14.1. The van der Waals surface area contributed by atoms with Crippen molar-refractivity contribution in [3.63, 3.8) is 0 Å². The highest BCUT2D eigenvalue weighted by atomic mass is 16.5. The topological polar surface area (TPSA) is 51.0 Å². The van der Waals surface area contributed by atoms with Crippen LogP contribution in [0.4, 0.5) is 0 Å². The van der Waals surface area contributed by atoms with E-state index in [9.17, 15) is 0 Å². The number of rotatable bonds is 3. The zero-order valence-electron chi connectivity index (χ0n) is 12.9. The lowest BCUT2D eigenvalue weighted by Crippen LogP contribution is -2.18. The maximum atomic E-state index is 5.55. The Morgan fingerprint density at radius 1 is 1.15 bits per heavy atom. The number of nitrogens with one attached hydrogen (secondary N) is 1. The Hall–Kier alpha value is -0.900. The zero-order chi connectivity index (χ0) is 14.1. The molecule has 1 saturated carbocycles. The third-order valence-corrected chi connectivity index (χ3v) is 5.37. The van der Waals surface area contributed by atoms with Crippen LogP contribution >= 0.6 is 0 Å². The van der Waals surface area contributed by atoms with Gasteiger partial charge in [-0.05, 0) is 50.0 Å². The summed E-state index contributed by atoms with van der Waals surface area (Å²) in [5.74, 6) is 5.03. The van der Waals surface area contributed by atoms with Crippen LogP contribution in [-0.2, 0) is 0 Å². The van der Waals surface area contributed by atoms with Crippen molar-refractivity contribution in [3.8, 4) is 0 Å². The Morgan fingerprint density at radius 2 is 1.90 bits per heavy atom. The number of hydrogen-bond donors (Lipinski definition) is 1. The summed E-state index contributed by atoms with van der Waals surface area (Å²) in [6, 6.07) is 0. The van der Waals surface area contributed by atoms with Crippen LogP contribution in [0, 0.1) is 17.8 Å². The van der Waals surface area contributed by atoms with Crippen LogP contribution in [-0.4, -0.2) is 23.2 Å². The van der Waals surface area contributed by atoms with E-state index in [1.54, 1.807) is 0 Å². The molecule has 3 rings (SSSR count).